The highest BCUT2D eigenvalue weighted by Gasteiger charge is 2.17. The van der Waals surface area contributed by atoms with Crippen LogP contribution in [0.1, 0.15) is 26.5 Å². The average molecular weight is 380 g/mol. The van der Waals surface area contributed by atoms with Crippen molar-refractivity contribution in [2.24, 2.45) is 0 Å². The Hall–Kier alpha value is -3.33. The van der Waals surface area contributed by atoms with Crippen molar-refractivity contribution < 1.29 is 4.79 Å². The molecule has 1 amide bonds. The van der Waals surface area contributed by atoms with Gasteiger partial charge in [0, 0.05) is 47.5 Å². The number of fused-ring (bicyclic) bond motifs is 1. The number of aromatic nitrogens is 5. The number of hydrogen-bond acceptors (Lipinski definition) is 6. The maximum Gasteiger partial charge on any atom is 0.271 e. The highest BCUT2D eigenvalue weighted by Crippen LogP contribution is 2.18. The van der Waals surface area contributed by atoms with Crippen LogP contribution in [0.3, 0.4) is 0 Å². The van der Waals surface area contributed by atoms with Gasteiger partial charge in [-0.1, -0.05) is 6.07 Å². The summed E-state index contributed by atoms with van der Waals surface area (Å²) in [4.78, 5) is 39.5. The van der Waals surface area contributed by atoms with E-state index in [0.717, 1.165) is 16.1 Å². The van der Waals surface area contributed by atoms with Crippen LogP contribution in [0.5, 0.6) is 0 Å². The Bertz CT molecular complexity index is 1190. The number of pyridine rings is 1. The molecule has 0 bridgehead atoms. The minimum Gasteiger partial charge on any atom is -0.348 e. The zero-order valence-corrected chi connectivity index (χ0v) is 15.5. The zero-order valence-electron chi connectivity index (χ0n) is 14.7. The summed E-state index contributed by atoms with van der Waals surface area (Å²) >= 11 is 1.43. The number of nitrogens with one attached hydrogen (secondary N) is 1. The van der Waals surface area contributed by atoms with Crippen LogP contribution in [0.15, 0.2) is 48.0 Å². The molecule has 0 aromatic carbocycles. The lowest BCUT2D eigenvalue weighted by Crippen LogP contribution is -2.31. The number of rotatable bonds is 4. The molecule has 0 atom stereocenters. The van der Waals surface area contributed by atoms with Gasteiger partial charge in [0.25, 0.3) is 11.5 Å². The number of amides is 1. The van der Waals surface area contributed by atoms with Crippen molar-refractivity contribution in [1.29, 1.82) is 0 Å². The number of hydrogen-bond donors (Lipinski definition) is 1. The van der Waals surface area contributed by atoms with E-state index in [-0.39, 0.29) is 17.7 Å². The first kappa shape index (κ1) is 17.1. The summed E-state index contributed by atoms with van der Waals surface area (Å²) in [6.07, 6.45) is 8.08. The monoisotopic (exact) mass is 380 g/mol. The first-order valence-electron chi connectivity index (χ1n) is 8.24. The molecule has 0 fully saturated rings. The molecule has 4 rings (SSSR count). The first-order valence-corrected chi connectivity index (χ1v) is 9.06. The minimum absolute atomic E-state index is 0.0153. The van der Waals surface area contributed by atoms with E-state index >= 15 is 0 Å². The SMILES string of the molecule is Cc1sc2ncc(C(=O)NCc3cccnc3-n3ccnc3)c(=O)n2c1C. The first-order chi connectivity index (χ1) is 13.1. The van der Waals surface area contributed by atoms with Crippen LogP contribution in [0.2, 0.25) is 0 Å². The van der Waals surface area contributed by atoms with E-state index in [1.54, 1.807) is 35.6 Å². The molecule has 0 spiro atoms. The maximum atomic E-state index is 12.7. The molecule has 0 saturated heterocycles. The topological polar surface area (TPSA) is 94.2 Å². The highest BCUT2D eigenvalue weighted by atomic mass is 32.1. The van der Waals surface area contributed by atoms with Crippen LogP contribution in [-0.2, 0) is 6.54 Å². The van der Waals surface area contributed by atoms with Crippen LogP contribution >= 0.6 is 11.3 Å². The Morgan fingerprint density at radius 3 is 2.89 bits per heavy atom. The molecular weight excluding hydrogens is 364 g/mol. The van der Waals surface area contributed by atoms with Crippen LogP contribution in [0.25, 0.3) is 10.8 Å². The van der Waals surface area contributed by atoms with Gasteiger partial charge >= 0.3 is 0 Å². The Balaban J connectivity index is 1.61. The number of aryl methyl sites for hydroxylation is 2. The normalized spacial score (nSPS) is 11.0. The highest BCUT2D eigenvalue weighted by molar-refractivity contribution is 7.17. The molecule has 27 heavy (non-hydrogen) atoms. The van der Waals surface area contributed by atoms with Crippen molar-refractivity contribution in [3.8, 4) is 5.82 Å². The zero-order chi connectivity index (χ0) is 19.0. The van der Waals surface area contributed by atoms with Gasteiger partial charge in [0.1, 0.15) is 17.7 Å². The lowest BCUT2D eigenvalue weighted by Gasteiger charge is -2.10. The summed E-state index contributed by atoms with van der Waals surface area (Å²) in [7, 11) is 0. The third-order valence-electron chi connectivity index (χ3n) is 4.32. The smallest absolute Gasteiger partial charge is 0.271 e. The van der Waals surface area contributed by atoms with Crippen molar-refractivity contribution in [1.82, 2.24) is 29.2 Å². The van der Waals surface area contributed by atoms with Gasteiger partial charge in [-0.2, -0.15) is 0 Å². The second-order valence-electron chi connectivity index (χ2n) is 5.98. The Morgan fingerprint density at radius 2 is 2.11 bits per heavy atom. The molecule has 0 aliphatic carbocycles. The van der Waals surface area contributed by atoms with Gasteiger partial charge in [-0.15, -0.1) is 11.3 Å². The summed E-state index contributed by atoms with van der Waals surface area (Å²) < 4.78 is 3.25. The molecule has 9 heteroatoms. The Kier molecular flexibility index (Phi) is 4.28. The fraction of sp³-hybridized carbons (Fsp3) is 0.167. The van der Waals surface area contributed by atoms with Gasteiger partial charge in [-0.3, -0.25) is 18.6 Å². The van der Waals surface area contributed by atoms with Crippen LogP contribution in [0, 0.1) is 13.8 Å². The number of carbonyl (C=O) groups excluding carboxylic acids is 1. The van der Waals surface area contributed by atoms with E-state index in [4.69, 9.17) is 0 Å². The fourth-order valence-electron chi connectivity index (χ4n) is 2.79. The van der Waals surface area contributed by atoms with Crippen molar-refractivity contribution in [2.75, 3.05) is 0 Å². The molecule has 8 nitrogen and oxygen atoms in total. The molecule has 0 aliphatic rings. The molecule has 0 unspecified atom stereocenters. The lowest BCUT2D eigenvalue weighted by molar-refractivity contribution is 0.0949. The van der Waals surface area contributed by atoms with Crippen LogP contribution in [-0.4, -0.2) is 29.8 Å². The molecular formula is C18H16N6O2S. The molecule has 136 valence electrons. The molecule has 1 N–H and O–H groups in total. The van der Waals surface area contributed by atoms with Crippen molar-refractivity contribution in [3.05, 3.63) is 75.3 Å². The summed E-state index contributed by atoms with van der Waals surface area (Å²) in [5.74, 6) is 0.204. The summed E-state index contributed by atoms with van der Waals surface area (Å²) in [5, 5.41) is 2.79. The number of thiazole rings is 1. The van der Waals surface area contributed by atoms with Crippen molar-refractivity contribution >= 4 is 22.2 Å². The number of carbonyl (C=O) groups is 1. The summed E-state index contributed by atoms with van der Waals surface area (Å²) in [5.41, 5.74) is 1.26. The predicted octanol–water partition coefficient (Wildman–Crippen LogP) is 1.88. The van der Waals surface area contributed by atoms with Crippen molar-refractivity contribution in [3.63, 3.8) is 0 Å². The quantitative estimate of drug-likeness (QED) is 0.583. The number of imidazole rings is 1. The summed E-state index contributed by atoms with van der Waals surface area (Å²) in [6.45, 7) is 3.99. The van der Waals surface area contributed by atoms with Gasteiger partial charge in [0.05, 0.1) is 0 Å². The molecule has 4 aromatic rings. The van der Waals surface area contributed by atoms with E-state index < -0.39 is 5.91 Å². The van der Waals surface area contributed by atoms with Gasteiger partial charge in [-0.25, -0.2) is 15.0 Å². The van der Waals surface area contributed by atoms with Gasteiger partial charge in [0.15, 0.2) is 4.96 Å². The number of nitrogens with zero attached hydrogens (tertiary/aromatic N) is 5. The predicted molar refractivity (Wildman–Crippen MR) is 101 cm³/mol. The Labute approximate surface area is 158 Å². The molecule has 4 heterocycles. The molecule has 0 aliphatic heterocycles. The van der Waals surface area contributed by atoms with E-state index in [9.17, 15) is 9.59 Å². The van der Waals surface area contributed by atoms with Gasteiger partial charge in [-0.05, 0) is 19.9 Å². The van der Waals surface area contributed by atoms with E-state index in [2.05, 4.69) is 20.3 Å². The minimum atomic E-state index is -0.467. The van der Waals surface area contributed by atoms with E-state index in [1.165, 1.54) is 21.9 Å². The third kappa shape index (κ3) is 3.02. The third-order valence-corrected chi connectivity index (χ3v) is 5.39. The second-order valence-corrected chi connectivity index (χ2v) is 7.16. The van der Waals surface area contributed by atoms with Crippen LogP contribution in [0.4, 0.5) is 0 Å². The fourth-order valence-corrected chi connectivity index (χ4v) is 3.72. The molecule has 4 aromatic heterocycles. The Morgan fingerprint density at radius 1 is 1.26 bits per heavy atom. The largest absolute Gasteiger partial charge is 0.348 e. The molecule has 0 radical (unpaired) electrons. The van der Waals surface area contributed by atoms with Gasteiger partial charge < -0.3 is 5.32 Å². The van der Waals surface area contributed by atoms with Crippen molar-refractivity contribution in [2.45, 2.75) is 20.4 Å². The maximum absolute atomic E-state index is 12.7. The summed E-state index contributed by atoms with van der Waals surface area (Å²) in [6, 6.07) is 3.66. The standard InChI is InChI=1S/C18H16N6O2S/c1-11-12(2)27-18-22-9-14(17(26)24(11)18)16(25)21-8-13-4-3-5-20-15(13)23-7-6-19-10-23/h3-7,9-10H,8H2,1-2H3,(H,21,25). The lowest BCUT2D eigenvalue weighted by atomic mass is 10.2. The average Bonchev–Trinajstić information content (AvgIpc) is 3.29. The van der Waals surface area contributed by atoms with E-state index in [1.807, 2.05) is 19.9 Å². The van der Waals surface area contributed by atoms with E-state index in [0.29, 0.717) is 10.8 Å². The second kappa shape index (κ2) is 6.76. The van der Waals surface area contributed by atoms with Gasteiger partial charge in [0.2, 0.25) is 0 Å². The van der Waals surface area contributed by atoms with Crippen LogP contribution < -0.4 is 10.9 Å². The molecule has 0 saturated carbocycles.